The molecule has 0 saturated heterocycles. The second-order valence-corrected chi connectivity index (χ2v) is 8.55. The van der Waals surface area contributed by atoms with Gasteiger partial charge in [-0.1, -0.05) is 24.3 Å². The highest BCUT2D eigenvalue weighted by molar-refractivity contribution is 5.96. The van der Waals surface area contributed by atoms with E-state index in [1.165, 1.54) is 30.0 Å². The number of anilines is 2. The molecule has 1 aromatic heterocycles. The predicted octanol–water partition coefficient (Wildman–Crippen LogP) is 1.20. The van der Waals surface area contributed by atoms with Crippen LogP contribution in [0.4, 0.5) is 11.5 Å². The molecule has 3 aromatic rings. The maximum absolute atomic E-state index is 13.3. The SMILES string of the molecule is CONC(=O)c1cc(N)cc(-c2cnc(NC(C)C)c(=O)n2CC(=O)NCc2ccc(C(=N)N)cc2)c1. The summed E-state index contributed by atoms with van der Waals surface area (Å²) in [5.41, 5.74) is 15.8. The fraction of sp³-hybridized carbons (Fsp3) is 0.240. The zero-order valence-corrected chi connectivity index (χ0v) is 20.8. The van der Waals surface area contributed by atoms with Crippen molar-refractivity contribution in [2.75, 3.05) is 18.2 Å². The third-order valence-electron chi connectivity index (χ3n) is 5.24. The van der Waals surface area contributed by atoms with E-state index in [-0.39, 0.29) is 42.0 Å². The van der Waals surface area contributed by atoms with Gasteiger partial charge in [0.05, 0.1) is 19.0 Å². The second kappa shape index (κ2) is 11.8. The number of benzene rings is 2. The number of hydroxylamine groups is 1. The minimum atomic E-state index is -0.524. The van der Waals surface area contributed by atoms with Gasteiger partial charge < -0.3 is 22.1 Å². The van der Waals surface area contributed by atoms with Crippen molar-refractivity contribution in [1.82, 2.24) is 20.3 Å². The van der Waals surface area contributed by atoms with Crippen LogP contribution in [-0.2, 0) is 22.7 Å². The first-order valence-corrected chi connectivity index (χ1v) is 11.4. The van der Waals surface area contributed by atoms with Crippen LogP contribution in [0.2, 0.25) is 0 Å². The average Bonchev–Trinajstić information content (AvgIpc) is 2.85. The van der Waals surface area contributed by atoms with E-state index < -0.39 is 17.4 Å². The van der Waals surface area contributed by atoms with E-state index in [0.717, 1.165) is 5.56 Å². The molecule has 0 aliphatic heterocycles. The van der Waals surface area contributed by atoms with Crippen LogP contribution in [0.1, 0.15) is 35.3 Å². The van der Waals surface area contributed by atoms with Crippen molar-refractivity contribution in [3.05, 3.63) is 75.7 Å². The molecule has 12 heteroatoms. The molecule has 0 radical (unpaired) electrons. The number of carbonyl (C=O) groups excluding carboxylic acids is 2. The molecule has 0 bridgehead atoms. The van der Waals surface area contributed by atoms with Crippen molar-refractivity contribution in [3.8, 4) is 11.3 Å². The molecule has 37 heavy (non-hydrogen) atoms. The van der Waals surface area contributed by atoms with Crippen LogP contribution in [0.15, 0.2) is 53.5 Å². The van der Waals surface area contributed by atoms with Crippen molar-refractivity contribution in [3.63, 3.8) is 0 Å². The van der Waals surface area contributed by atoms with Gasteiger partial charge in [-0.3, -0.25) is 29.2 Å². The zero-order chi connectivity index (χ0) is 27.1. The molecule has 2 amide bonds. The molecule has 0 aliphatic rings. The molecular formula is C25H30N8O4. The molecular weight excluding hydrogens is 476 g/mol. The third-order valence-corrected chi connectivity index (χ3v) is 5.24. The van der Waals surface area contributed by atoms with Crippen molar-refractivity contribution in [2.45, 2.75) is 33.0 Å². The first-order valence-electron chi connectivity index (χ1n) is 11.4. The highest BCUT2D eigenvalue weighted by Gasteiger charge is 2.17. The highest BCUT2D eigenvalue weighted by Crippen LogP contribution is 2.23. The summed E-state index contributed by atoms with van der Waals surface area (Å²) >= 11 is 0. The molecule has 0 unspecified atom stereocenters. The van der Waals surface area contributed by atoms with E-state index in [1.54, 1.807) is 30.3 Å². The van der Waals surface area contributed by atoms with E-state index in [9.17, 15) is 14.4 Å². The summed E-state index contributed by atoms with van der Waals surface area (Å²) in [6.45, 7) is 3.64. The Hall–Kier alpha value is -4.71. The summed E-state index contributed by atoms with van der Waals surface area (Å²) in [4.78, 5) is 47.4. The van der Waals surface area contributed by atoms with Gasteiger partial charge in [0.2, 0.25) is 5.91 Å². The van der Waals surface area contributed by atoms with Gasteiger partial charge in [0.25, 0.3) is 11.5 Å². The molecule has 0 fully saturated rings. The van der Waals surface area contributed by atoms with Crippen LogP contribution < -0.4 is 33.1 Å². The average molecular weight is 507 g/mol. The topological polar surface area (TPSA) is 190 Å². The summed E-state index contributed by atoms with van der Waals surface area (Å²) in [7, 11) is 1.31. The molecule has 194 valence electrons. The lowest BCUT2D eigenvalue weighted by molar-refractivity contribution is -0.121. The van der Waals surface area contributed by atoms with E-state index in [2.05, 4.69) is 25.9 Å². The number of hydrogen-bond donors (Lipinski definition) is 6. The van der Waals surface area contributed by atoms with E-state index in [1.807, 2.05) is 13.8 Å². The van der Waals surface area contributed by atoms with E-state index >= 15 is 0 Å². The van der Waals surface area contributed by atoms with Crippen molar-refractivity contribution in [1.29, 1.82) is 5.41 Å². The van der Waals surface area contributed by atoms with E-state index in [4.69, 9.17) is 16.9 Å². The van der Waals surface area contributed by atoms with Gasteiger partial charge in [0.15, 0.2) is 5.82 Å². The van der Waals surface area contributed by atoms with Crippen LogP contribution in [0.25, 0.3) is 11.3 Å². The lowest BCUT2D eigenvalue weighted by Gasteiger charge is -2.17. The first kappa shape index (κ1) is 26.9. The van der Waals surface area contributed by atoms with Crippen molar-refractivity contribution >= 4 is 29.2 Å². The van der Waals surface area contributed by atoms with Crippen LogP contribution in [0, 0.1) is 5.41 Å². The van der Waals surface area contributed by atoms with Crippen LogP contribution >= 0.6 is 0 Å². The standard InChI is InChI=1S/C25H30N8O4/c1-14(2)31-23-25(36)33(13-21(34)29-11-15-4-6-16(7-5-15)22(27)28)20(12-30-23)17-8-18(10-19(26)9-17)24(35)32-37-3/h4-10,12,14H,11,13,26H2,1-3H3,(H3,27,28)(H,29,34)(H,30,31)(H,32,35). The number of rotatable bonds is 10. The number of amidine groups is 1. The fourth-order valence-electron chi connectivity index (χ4n) is 3.53. The number of nitrogens with two attached hydrogens (primary N) is 2. The Balaban J connectivity index is 1.93. The largest absolute Gasteiger partial charge is 0.399 e. The number of nitrogens with zero attached hydrogens (tertiary/aromatic N) is 2. The first-order chi connectivity index (χ1) is 17.6. The molecule has 1 heterocycles. The monoisotopic (exact) mass is 506 g/mol. The molecule has 0 atom stereocenters. The predicted molar refractivity (Wildman–Crippen MR) is 141 cm³/mol. The number of nitrogen functional groups attached to an aromatic ring is 2. The Morgan fingerprint density at radius 3 is 2.46 bits per heavy atom. The minimum Gasteiger partial charge on any atom is -0.399 e. The summed E-state index contributed by atoms with van der Waals surface area (Å²) < 4.78 is 1.28. The normalized spacial score (nSPS) is 10.7. The van der Waals surface area contributed by atoms with Crippen LogP contribution in [0.3, 0.4) is 0 Å². The summed E-state index contributed by atoms with van der Waals surface area (Å²) in [5.74, 6) is -0.894. The van der Waals surface area contributed by atoms with Gasteiger partial charge in [0, 0.05) is 35.0 Å². The molecule has 0 saturated carbocycles. The maximum Gasteiger partial charge on any atom is 0.294 e. The molecule has 0 aliphatic carbocycles. The van der Waals surface area contributed by atoms with Crippen LogP contribution in [-0.4, -0.2) is 40.4 Å². The Labute approximate surface area is 213 Å². The molecule has 3 rings (SSSR count). The molecule has 12 nitrogen and oxygen atoms in total. The molecule has 8 N–H and O–H groups in total. The number of hydrogen-bond acceptors (Lipinski definition) is 8. The summed E-state index contributed by atoms with van der Waals surface area (Å²) in [6.07, 6.45) is 1.45. The molecule has 0 spiro atoms. The summed E-state index contributed by atoms with van der Waals surface area (Å²) in [5, 5.41) is 13.2. The van der Waals surface area contributed by atoms with Gasteiger partial charge in [-0.15, -0.1) is 0 Å². The Bertz CT molecular complexity index is 1370. The Kier molecular flexibility index (Phi) is 8.59. The quantitative estimate of drug-likeness (QED) is 0.102. The maximum atomic E-state index is 13.3. The Morgan fingerprint density at radius 2 is 1.84 bits per heavy atom. The van der Waals surface area contributed by atoms with E-state index in [0.29, 0.717) is 16.8 Å². The van der Waals surface area contributed by atoms with Gasteiger partial charge in [-0.05, 0) is 37.6 Å². The Morgan fingerprint density at radius 1 is 1.14 bits per heavy atom. The lowest BCUT2D eigenvalue weighted by Crippen LogP contribution is -2.35. The third kappa shape index (κ3) is 6.92. The van der Waals surface area contributed by atoms with Crippen molar-refractivity contribution in [2.24, 2.45) is 5.73 Å². The summed E-state index contributed by atoms with van der Waals surface area (Å²) in [6, 6.07) is 11.4. The van der Waals surface area contributed by atoms with Gasteiger partial charge in [-0.2, -0.15) is 0 Å². The highest BCUT2D eigenvalue weighted by atomic mass is 16.6. The zero-order valence-electron chi connectivity index (χ0n) is 20.8. The van der Waals surface area contributed by atoms with Crippen LogP contribution in [0.5, 0.6) is 0 Å². The molecule has 2 aromatic carbocycles. The van der Waals surface area contributed by atoms with Gasteiger partial charge >= 0.3 is 0 Å². The van der Waals surface area contributed by atoms with Gasteiger partial charge in [-0.25, -0.2) is 10.5 Å². The van der Waals surface area contributed by atoms with Gasteiger partial charge in [0.1, 0.15) is 12.4 Å². The lowest BCUT2D eigenvalue weighted by atomic mass is 10.1. The number of aromatic nitrogens is 2. The number of amides is 2. The second-order valence-electron chi connectivity index (χ2n) is 8.55. The number of carbonyl (C=O) groups is 2. The fourth-order valence-corrected chi connectivity index (χ4v) is 3.53. The smallest absolute Gasteiger partial charge is 0.294 e. The van der Waals surface area contributed by atoms with Crippen molar-refractivity contribution < 1.29 is 14.4 Å². The minimum absolute atomic E-state index is 0.0459. The number of nitrogens with one attached hydrogen (secondary N) is 4.